The van der Waals surface area contributed by atoms with Crippen molar-refractivity contribution in [2.75, 3.05) is 10.7 Å². The van der Waals surface area contributed by atoms with Crippen molar-refractivity contribution in [3.63, 3.8) is 0 Å². The van der Waals surface area contributed by atoms with Gasteiger partial charge in [0.25, 0.3) is 0 Å². The van der Waals surface area contributed by atoms with E-state index >= 15 is 0 Å². The summed E-state index contributed by atoms with van der Waals surface area (Å²) < 4.78 is 4.99. The highest BCUT2D eigenvalue weighted by Crippen LogP contribution is 2.24. The SMILES string of the molecule is Cc1cc(CNc2nc(NN)ccc2[N+](=O)[O-])on1. The molecule has 0 saturated heterocycles. The van der Waals surface area contributed by atoms with Crippen molar-refractivity contribution in [2.45, 2.75) is 13.5 Å². The zero-order valence-electron chi connectivity index (χ0n) is 10.1. The van der Waals surface area contributed by atoms with Crippen molar-refractivity contribution < 1.29 is 9.45 Å². The molecule has 0 fully saturated rings. The molecule has 100 valence electrons. The number of nitrogens with one attached hydrogen (secondary N) is 2. The first-order valence-corrected chi connectivity index (χ1v) is 5.38. The molecular formula is C10H12N6O3. The Morgan fingerprint density at radius 3 is 2.89 bits per heavy atom. The second kappa shape index (κ2) is 5.31. The minimum absolute atomic E-state index is 0.106. The summed E-state index contributed by atoms with van der Waals surface area (Å²) in [6.07, 6.45) is 0. The molecule has 4 N–H and O–H groups in total. The van der Waals surface area contributed by atoms with E-state index < -0.39 is 4.92 Å². The van der Waals surface area contributed by atoms with E-state index in [1.807, 2.05) is 0 Å². The molecule has 2 aromatic heterocycles. The zero-order valence-corrected chi connectivity index (χ0v) is 10.1. The van der Waals surface area contributed by atoms with Gasteiger partial charge < -0.3 is 15.3 Å². The lowest BCUT2D eigenvalue weighted by atomic mass is 10.3. The summed E-state index contributed by atoms with van der Waals surface area (Å²) >= 11 is 0. The van der Waals surface area contributed by atoms with Gasteiger partial charge in [0.2, 0.25) is 5.82 Å². The summed E-state index contributed by atoms with van der Waals surface area (Å²) in [7, 11) is 0. The third-order valence-electron chi connectivity index (χ3n) is 2.33. The van der Waals surface area contributed by atoms with E-state index in [1.165, 1.54) is 12.1 Å². The average Bonchev–Trinajstić information content (AvgIpc) is 2.81. The lowest BCUT2D eigenvalue weighted by Crippen LogP contribution is -2.11. The van der Waals surface area contributed by atoms with Gasteiger partial charge in [-0.3, -0.25) is 10.1 Å². The number of nitrogens with two attached hydrogens (primary N) is 1. The minimum atomic E-state index is -0.527. The van der Waals surface area contributed by atoms with Crippen LogP contribution in [-0.2, 0) is 6.54 Å². The fraction of sp³-hybridized carbons (Fsp3) is 0.200. The number of hydrogen-bond donors (Lipinski definition) is 3. The highest BCUT2D eigenvalue weighted by molar-refractivity contribution is 5.59. The summed E-state index contributed by atoms with van der Waals surface area (Å²) in [5, 5.41) is 17.4. The summed E-state index contributed by atoms with van der Waals surface area (Å²) in [5.41, 5.74) is 2.92. The second-order valence-corrected chi connectivity index (χ2v) is 3.75. The summed E-state index contributed by atoms with van der Waals surface area (Å²) in [6, 6.07) is 4.46. The first-order valence-electron chi connectivity index (χ1n) is 5.38. The van der Waals surface area contributed by atoms with Gasteiger partial charge in [-0.05, 0) is 13.0 Å². The van der Waals surface area contributed by atoms with E-state index in [1.54, 1.807) is 13.0 Å². The van der Waals surface area contributed by atoms with Crippen LogP contribution in [0.5, 0.6) is 0 Å². The Labute approximate surface area is 107 Å². The van der Waals surface area contributed by atoms with Crippen LogP contribution >= 0.6 is 0 Å². The number of aryl methyl sites for hydroxylation is 1. The molecule has 0 radical (unpaired) electrons. The second-order valence-electron chi connectivity index (χ2n) is 3.75. The lowest BCUT2D eigenvalue weighted by Gasteiger charge is -2.06. The van der Waals surface area contributed by atoms with Crippen LogP contribution in [0, 0.1) is 17.0 Å². The van der Waals surface area contributed by atoms with Crippen molar-refractivity contribution in [1.29, 1.82) is 0 Å². The summed E-state index contributed by atoms with van der Waals surface area (Å²) in [5.74, 6) is 6.20. The van der Waals surface area contributed by atoms with Gasteiger partial charge in [-0.1, -0.05) is 5.16 Å². The number of hydrazine groups is 1. The third kappa shape index (κ3) is 2.96. The molecule has 0 saturated carbocycles. The predicted molar refractivity (Wildman–Crippen MR) is 67.3 cm³/mol. The molecule has 2 aromatic rings. The number of rotatable bonds is 5. The van der Waals surface area contributed by atoms with E-state index in [2.05, 4.69) is 20.9 Å². The Kier molecular flexibility index (Phi) is 3.57. The average molecular weight is 264 g/mol. The first-order chi connectivity index (χ1) is 9.10. The maximum absolute atomic E-state index is 10.9. The van der Waals surface area contributed by atoms with Gasteiger partial charge in [-0.25, -0.2) is 10.8 Å². The summed E-state index contributed by atoms with van der Waals surface area (Å²) in [6.45, 7) is 2.02. The number of anilines is 2. The van der Waals surface area contributed by atoms with Crippen molar-refractivity contribution >= 4 is 17.3 Å². The maximum atomic E-state index is 10.9. The van der Waals surface area contributed by atoms with Gasteiger partial charge >= 0.3 is 5.69 Å². The molecule has 0 bridgehead atoms. The van der Waals surface area contributed by atoms with E-state index in [0.717, 1.165) is 5.69 Å². The molecule has 0 unspecified atom stereocenters. The Hall–Kier alpha value is -2.68. The largest absolute Gasteiger partial charge is 0.359 e. The normalized spacial score (nSPS) is 10.2. The molecule has 2 heterocycles. The standard InChI is InChI=1S/C10H12N6O3/c1-6-4-7(19-15-6)5-12-10-8(16(17)18)2-3-9(13-10)14-11/h2-4H,5,11H2,1H3,(H2,12,13,14). The van der Waals surface area contributed by atoms with Gasteiger partial charge in [0.05, 0.1) is 17.2 Å². The van der Waals surface area contributed by atoms with Crippen molar-refractivity contribution in [1.82, 2.24) is 10.1 Å². The molecule has 2 rings (SSSR count). The molecule has 0 aliphatic rings. The minimum Gasteiger partial charge on any atom is -0.359 e. The van der Waals surface area contributed by atoms with Crippen molar-refractivity contribution in [3.05, 3.63) is 39.8 Å². The van der Waals surface area contributed by atoms with E-state index in [4.69, 9.17) is 10.4 Å². The fourth-order valence-corrected chi connectivity index (χ4v) is 1.48. The van der Waals surface area contributed by atoms with Crippen LogP contribution in [0.3, 0.4) is 0 Å². The fourth-order valence-electron chi connectivity index (χ4n) is 1.48. The Bertz CT molecular complexity index is 597. The smallest absolute Gasteiger partial charge is 0.311 e. The molecule has 0 atom stereocenters. The highest BCUT2D eigenvalue weighted by Gasteiger charge is 2.16. The van der Waals surface area contributed by atoms with E-state index in [0.29, 0.717) is 11.6 Å². The van der Waals surface area contributed by atoms with Crippen LogP contribution in [0.15, 0.2) is 22.7 Å². The highest BCUT2D eigenvalue weighted by atomic mass is 16.6. The number of nitrogens with zero attached hydrogens (tertiary/aromatic N) is 3. The Morgan fingerprint density at radius 1 is 1.53 bits per heavy atom. The number of hydrogen-bond acceptors (Lipinski definition) is 8. The number of nitrogen functional groups attached to an aromatic ring is 1. The van der Waals surface area contributed by atoms with Gasteiger partial charge in [-0.15, -0.1) is 0 Å². The van der Waals surface area contributed by atoms with Crippen LogP contribution in [0.4, 0.5) is 17.3 Å². The van der Waals surface area contributed by atoms with Crippen molar-refractivity contribution in [3.8, 4) is 0 Å². The topological polar surface area (TPSA) is 132 Å². The van der Waals surface area contributed by atoms with Crippen LogP contribution in [-0.4, -0.2) is 15.1 Å². The van der Waals surface area contributed by atoms with Crippen LogP contribution < -0.4 is 16.6 Å². The van der Waals surface area contributed by atoms with E-state index in [9.17, 15) is 10.1 Å². The molecule has 0 aliphatic heterocycles. The number of aromatic nitrogens is 2. The lowest BCUT2D eigenvalue weighted by molar-refractivity contribution is -0.384. The first kappa shape index (κ1) is 12.8. The Balaban J connectivity index is 2.19. The number of nitro groups is 1. The van der Waals surface area contributed by atoms with Crippen LogP contribution in [0.25, 0.3) is 0 Å². The molecule has 0 amide bonds. The van der Waals surface area contributed by atoms with Crippen molar-refractivity contribution in [2.24, 2.45) is 5.84 Å². The Morgan fingerprint density at radius 2 is 2.32 bits per heavy atom. The molecule has 0 aromatic carbocycles. The van der Waals surface area contributed by atoms with Crippen LogP contribution in [0.2, 0.25) is 0 Å². The third-order valence-corrected chi connectivity index (χ3v) is 2.33. The molecule has 9 nitrogen and oxygen atoms in total. The van der Waals surface area contributed by atoms with Crippen LogP contribution in [0.1, 0.15) is 11.5 Å². The monoisotopic (exact) mass is 264 g/mol. The molecule has 0 aliphatic carbocycles. The van der Waals surface area contributed by atoms with Gasteiger partial charge in [0, 0.05) is 12.1 Å². The summed E-state index contributed by atoms with van der Waals surface area (Å²) in [4.78, 5) is 14.3. The molecule has 19 heavy (non-hydrogen) atoms. The molecular weight excluding hydrogens is 252 g/mol. The predicted octanol–water partition coefficient (Wildman–Crippen LogP) is 1.18. The zero-order chi connectivity index (χ0) is 13.8. The van der Waals surface area contributed by atoms with Gasteiger partial charge in [-0.2, -0.15) is 0 Å². The van der Waals surface area contributed by atoms with E-state index in [-0.39, 0.29) is 18.1 Å². The van der Waals surface area contributed by atoms with Gasteiger partial charge in [0.15, 0.2) is 5.76 Å². The number of pyridine rings is 1. The maximum Gasteiger partial charge on any atom is 0.311 e. The molecule has 9 heteroatoms. The van der Waals surface area contributed by atoms with Gasteiger partial charge in [0.1, 0.15) is 5.82 Å². The quantitative estimate of drug-likeness (QED) is 0.416. The molecule has 0 spiro atoms.